The number of anilines is 1. The van der Waals surface area contributed by atoms with Crippen molar-refractivity contribution >= 4 is 22.5 Å². The minimum absolute atomic E-state index is 0.107. The Kier molecular flexibility index (Phi) is 3.56. The van der Waals surface area contributed by atoms with Gasteiger partial charge in [0.15, 0.2) is 0 Å². The summed E-state index contributed by atoms with van der Waals surface area (Å²) >= 11 is 0. The maximum absolute atomic E-state index is 13.6. The van der Waals surface area contributed by atoms with E-state index in [9.17, 15) is 4.79 Å². The van der Waals surface area contributed by atoms with Gasteiger partial charge < -0.3 is 4.90 Å². The van der Waals surface area contributed by atoms with Crippen LogP contribution in [0.3, 0.4) is 0 Å². The SMILES string of the molecule is Cc1ccc2c(c1)CCCN2C(=O)c1cc(C2CC2)nc2ccccc12. The van der Waals surface area contributed by atoms with E-state index in [4.69, 9.17) is 4.98 Å². The molecule has 3 aromatic rings. The standard InChI is InChI=1S/C23H22N2O/c1-15-8-11-22-17(13-15)5-4-12-25(22)23(26)19-14-21(16-9-10-16)24-20-7-3-2-6-18(19)20/h2-3,6-8,11,13-14,16H,4-5,9-10,12H2,1H3. The summed E-state index contributed by atoms with van der Waals surface area (Å²) in [6.45, 7) is 2.89. The Morgan fingerprint density at radius 1 is 1.12 bits per heavy atom. The highest BCUT2D eigenvalue weighted by molar-refractivity contribution is 6.14. The average molecular weight is 342 g/mol. The van der Waals surface area contributed by atoms with Crippen LogP contribution in [0.2, 0.25) is 0 Å². The Balaban J connectivity index is 1.63. The zero-order valence-electron chi connectivity index (χ0n) is 15.0. The molecule has 5 rings (SSSR count). The number of nitrogens with zero attached hydrogens (tertiary/aromatic N) is 2. The maximum atomic E-state index is 13.6. The number of pyridine rings is 1. The molecule has 1 fully saturated rings. The molecule has 26 heavy (non-hydrogen) atoms. The van der Waals surface area contributed by atoms with Crippen LogP contribution in [0.15, 0.2) is 48.5 Å². The van der Waals surface area contributed by atoms with Crippen molar-refractivity contribution in [1.29, 1.82) is 0 Å². The average Bonchev–Trinajstić information content (AvgIpc) is 3.51. The Morgan fingerprint density at radius 2 is 1.96 bits per heavy atom. The number of carbonyl (C=O) groups is 1. The number of aryl methyl sites for hydroxylation is 2. The topological polar surface area (TPSA) is 33.2 Å². The van der Waals surface area contributed by atoms with Gasteiger partial charge in [0, 0.05) is 29.2 Å². The van der Waals surface area contributed by atoms with Gasteiger partial charge in [-0.15, -0.1) is 0 Å². The minimum atomic E-state index is 0.107. The van der Waals surface area contributed by atoms with Crippen LogP contribution in [0, 0.1) is 6.92 Å². The number of hydrogen-bond acceptors (Lipinski definition) is 2. The summed E-state index contributed by atoms with van der Waals surface area (Å²) in [7, 11) is 0. The zero-order valence-corrected chi connectivity index (χ0v) is 15.0. The minimum Gasteiger partial charge on any atom is -0.308 e. The lowest BCUT2D eigenvalue weighted by Crippen LogP contribution is -2.35. The van der Waals surface area contributed by atoms with Gasteiger partial charge in [-0.25, -0.2) is 0 Å². The van der Waals surface area contributed by atoms with Gasteiger partial charge in [0.05, 0.1) is 11.1 Å². The largest absolute Gasteiger partial charge is 0.308 e. The second kappa shape index (κ2) is 5.94. The van der Waals surface area contributed by atoms with Crippen LogP contribution >= 0.6 is 0 Å². The van der Waals surface area contributed by atoms with Crippen LogP contribution in [-0.2, 0) is 6.42 Å². The third-order valence-electron chi connectivity index (χ3n) is 5.56. The van der Waals surface area contributed by atoms with E-state index >= 15 is 0 Å². The third kappa shape index (κ3) is 2.59. The molecule has 3 nitrogen and oxygen atoms in total. The van der Waals surface area contributed by atoms with Crippen LogP contribution in [0.5, 0.6) is 0 Å². The van der Waals surface area contributed by atoms with Crippen molar-refractivity contribution in [3.63, 3.8) is 0 Å². The molecule has 0 unspecified atom stereocenters. The van der Waals surface area contributed by atoms with E-state index in [0.29, 0.717) is 5.92 Å². The summed E-state index contributed by atoms with van der Waals surface area (Å²) in [5.74, 6) is 0.637. The Morgan fingerprint density at radius 3 is 2.81 bits per heavy atom. The number of rotatable bonds is 2. The molecule has 1 saturated carbocycles. The van der Waals surface area contributed by atoms with Gasteiger partial charge >= 0.3 is 0 Å². The normalized spacial score (nSPS) is 16.6. The first-order valence-corrected chi connectivity index (χ1v) is 9.52. The lowest BCUT2D eigenvalue weighted by atomic mass is 9.98. The molecule has 0 bridgehead atoms. The third-order valence-corrected chi connectivity index (χ3v) is 5.56. The predicted molar refractivity (Wildman–Crippen MR) is 105 cm³/mol. The van der Waals surface area contributed by atoms with Crippen molar-refractivity contribution in [2.24, 2.45) is 0 Å². The summed E-state index contributed by atoms with van der Waals surface area (Å²) in [6.07, 6.45) is 4.43. The first-order valence-electron chi connectivity index (χ1n) is 9.52. The fourth-order valence-corrected chi connectivity index (χ4v) is 4.04. The van der Waals surface area contributed by atoms with Crippen molar-refractivity contribution in [3.05, 3.63) is 70.9 Å². The van der Waals surface area contributed by atoms with Gasteiger partial charge in [0.25, 0.3) is 5.91 Å². The number of hydrogen-bond donors (Lipinski definition) is 0. The second-order valence-corrected chi connectivity index (χ2v) is 7.58. The van der Waals surface area contributed by atoms with E-state index < -0.39 is 0 Å². The van der Waals surface area contributed by atoms with Crippen LogP contribution in [0.25, 0.3) is 10.9 Å². The fourth-order valence-electron chi connectivity index (χ4n) is 4.04. The van der Waals surface area contributed by atoms with Crippen molar-refractivity contribution in [1.82, 2.24) is 4.98 Å². The maximum Gasteiger partial charge on any atom is 0.259 e. The molecule has 1 amide bonds. The summed E-state index contributed by atoms with van der Waals surface area (Å²) in [5.41, 5.74) is 6.41. The van der Waals surface area contributed by atoms with E-state index in [1.54, 1.807) is 0 Å². The summed E-state index contributed by atoms with van der Waals surface area (Å²) < 4.78 is 0. The van der Waals surface area contributed by atoms with Gasteiger partial charge in [-0.3, -0.25) is 9.78 Å². The number of amides is 1. The van der Waals surface area contributed by atoms with Gasteiger partial charge in [0.2, 0.25) is 0 Å². The summed E-state index contributed by atoms with van der Waals surface area (Å²) in [5, 5.41) is 0.959. The molecule has 2 aromatic carbocycles. The number of aromatic nitrogens is 1. The van der Waals surface area contributed by atoms with E-state index in [1.807, 2.05) is 35.2 Å². The Bertz CT molecular complexity index is 1020. The highest BCUT2D eigenvalue weighted by atomic mass is 16.2. The number of para-hydroxylation sites is 1. The lowest BCUT2D eigenvalue weighted by Gasteiger charge is -2.30. The van der Waals surface area contributed by atoms with Crippen molar-refractivity contribution in [2.45, 2.75) is 38.5 Å². The van der Waals surface area contributed by atoms with E-state index in [-0.39, 0.29) is 5.91 Å². The summed E-state index contributed by atoms with van der Waals surface area (Å²) in [4.78, 5) is 20.3. The molecule has 2 heterocycles. The first kappa shape index (κ1) is 15.6. The molecule has 1 aliphatic heterocycles. The smallest absolute Gasteiger partial charge is 0.259 e. The lowest BCUT2D eigenvalue weighted by molar-refractivity contribution is 0.0986. The molecule has 1 aliphatic carbocycles. The van der Waals surface area contributed by atoms with E-state index in [0.717, 1.165) is 47.2 Å². The molecule has 0 N–H and O–H groups in total. The van der Waals surface area contributed by atoms with Gasteiger partial charge in [0.1, 0.15) is 0 Å². The highest BCUT2D eigenvalue weighted by Gasteiger charge is 2.29. The zero-order chi connectivity index (χ0) is 17.7. The quantitative estimate of drug-likeness (QED) is 0.655. The first-order chi connectivity index (χ1) is 12.7. The van der Waals surface area contributed by atoms with Crippen molar-refractivity contribution in [2.75, 3.05) is 11.4 Å². The number of fused-ring (bicyclic) bond motifs is 2. The van der Waals surface area contributed by atoms with Crippen LogP contribution in [0.4, 0.5) is 5.69 Å². The van der Waals surface area contributed by atoms with Crippen molar-refractivity contribution < 1.29 is 4.79 Å². The van der Waals surface area contributed by atoms with E-state index in [2.05, 4.69) is 25.1 Å². The molecule has 130 valence electrons. The highest BCUT2D eigenvalue weighted by Crippen LogP contribution is 2.40. The van der Waals surface area contributed by atoms with Gasteiger partial charge in [-0.1, -0.05) is 35.9 Å². The fraction of sp³-hybridized carbons (Fsp3) is 0.304. The van der Waals surface area contributed by atoms with Crippen molar-refractivity contribution in [3.8, 4) is 0 Å². The second-order valence-electron chi connectivity index (χ2n) is 7.58. The van der Waals surface area contributed by atoms with Crippen LogP contribution < -0.4 is 4.90 Å². The predicted octanol–water partition coefficient (Wildman–Crippen LogP) is 5.01. The van der Waals surface area contributed by atoms with Gasteiger partial charge in [-0.2, -0.15) is 0 Å². The molecule has 2 aliphatic rings. The molecule has 0 atom stereocenters. The molecule has 0 spiro atoms. The van der Waals surface area contributed by atoms with Crippen LogP contribution in [-0.4, -0.2) is 17.4 Å². The summed E-state index contributed by atoms with van der Waals surface area (Å²) in [6, 6.07) is 16.5. The molecular formula is C23H22N2O. The number of benzene rings is 2. The van der Waals surface area contributed by atoms with Crippen LogP contribution in [0.1, 0.15) is 52.4 Å². The Hall–Kier alpha value is -2.68. The molecule has 1 aromatic heterocycles. The number of carbonyl (C=O) groups excluding carboxylic acids is 1. The molecular weight excluding hydrogens is 320 g/mol. The molecule has 3 heteroatoms. The van der Waals surface area contributed by atoms with E-state index in [1.165, 1.54) is 24.0 Å². The molecule has 0 saturated heterocycles. The Labute approximate surface area is 153 Å². The monoisotopic (exact) mass is 342 g/mol. The molecule has 0 radical (unpaired) electrons. The van der Waals surface area contributed by atoms with Gasteiger partial charge in [-0.05, 0) is 56.4 Å².